The Balaban J connectivity index is 1.89. The van der Waals surface area contributed by atoms with Crippen molar-refractivity contribution in [2.75, 3.05) is 18.4 Å². The van der Waals surface area contributed by atoms with Crippen molar-refractivity contribution in [3.05, 3.63) is 29.8 Å². The molecule has 0 bridgehead atoms. The molecule has 1 saturated heterocycles. The lowest BCUT2D eigenvalue weighted by molar-refractivity contribution is 0.309. The van der Waals surface area contributed by atoms with Gasteiger partial charge in [-0.3, -0.25) is 0 Å². The molecule has 2 N–H and O–H groups in total. The standard InChI is InChI=1S/C14H20N2/c1-10-14(11-6-8-15-9-7-11)12-4-2-3-5-13(12)16-10/h2-5,10-11,14-16H,6-9H2,1H3. The minimum atomic E-state index is 0.598. The average molecular weight is 216 g/mol. The third kappa shape index (κ3) is 1.61. The normalized spacial score (nSPS) is 29.8. The monoisotopic (exact) mass is 216 g/mol. The van der Waals surface area contributed by atoms with Crippen LogP contribution < -0.4 is 10.6 Å². The minimum Gasteiger partial charge on any atom is -0.382 e. The van der Waals surface area contributed by atoms with E-state index in [1.807, 2.05) is 0 Å². The van der Waals surface area contributed by atoms with Gasteiger partial charge in [0.1, 0.15) is 0 Å². The van der Waals surface area contributed by atoms with Crippen molar-refractivity contribution in [3.63, 3.8) is 0 Å². The summed E-state index contributed by atoms with van der Waals surface area (Å²) in [7, 11) is 0. The number of hydrogen-bond donors (Lipinski definition) is 2. The molecule has 1 fully saturated rings. The molecule has 1 aromatic rings. The van der Waals surface area contributed by atoms with E-state index in [4.69, 9.17) is 0 Å². The molecule has 86 valence electrons. The summed E-state index contributed by atoms with van der Waals surface area (Å²) in [6.07, 6.45) is 2.65. The quantitative estimate of drug-likeness (QED) is 0.754. The minimum absolute atomic E-state index is 0.598. The van der Waals surface area contributed by atoms with E-state index >= 15 is 0 Å². The molecule has 0 amide bonds. The Morgan fingerprint density at radius 2 is 1.88 bits per heavy atom. The van der Waals surface area contributed by atoms with Crippen molar-refractivity contribution in [2.24, 2.45) is 5.92 Å². The topological polar surface area (TPSA) is 24.1 Å². The first-order chi connectivity index (χ1) is 7.86. The van der Waals surface area contributed by atoms with E-state index in [0.717, 1.165) is 11.8 Å². The summed E-state index contributed by atoms with van der Waals surface area (Å²) in [6, 6.07) is 9.42. The summed E-state index contributed by atoms with van der Waals surface area (Å²) in [4.78, 5) is 0. The second-order valence-corrected chi connectivity index (χ2v) is 5.13. The third-order valence-electron chi connectivity index (χ3n) is 4.13. The van der Waals surface area contributed by atoms with Gasteiger partial charge in [-0.2, -0.15) is 0 Å². The molecule has 0 aliphatic carbocycles. The summed E-state index contributed by atoms with van der Waals surface area (Å²) in [5.41, 5.74) is 2.90. The van der Waals surface area contributed by atoms with Crippen LogP contribution in [0.4, 0.5) is 5.69 Å². The van der Waals surface area contributed by atoms with E-state index in [-0.39, 0.29) is 0 Å². The predicted octanol–water partition coefficient (Wildman–Crippen LogP) is 2.58. The maximum absolute atomic E-state index is 3.62. The summed E-state index contributed by atoms with van der Waals surface area (Å²) < 4.78 is 0. The Hall–Kier alpha value is -1.02. The van der Waals surface area contributed by atoms with Crippen molar-refractivity contribution < 1.29 is 0 Å². The second kappa shape index (κ2) is 4.10. The zero-order chi connectivity index (χ0) is 11.0. The Bertz CT molecular complexity index is 369. The van der Waals surface area contributed by atoms with Crippen LogP contribution in [0.3, 0.4) is 0 Å². The molecule has 0 aromatic heterocycles. The van der Waals surface area contributed by atoms with Gasteiger partial charge in [-0.15, -0.1) is 0 Å². The Morgan fingerprint density at radius 3 is 2.69 bits per heavy atom. The van der Waals surface area contributed by atoms with E-state index < -0.39 is 0 Å². The van der Waals surface area contributed by atoms with Gasteiger partial charge in [0, 0.05) is 17.6 Å². The van der Waals surface area contributed by atoms with Crippen LogP contribution in [0.25, 0.3) is 0 Å². The fourth-order valence-electron chi connectivity index (χ4n) is 3.39. The predicted molar refractivity (Wildman–Crippen MR) is 67.9 cm³/mol. The Kier molecular flexibility index (Phi) is 2.60. The molecule has 2 atom stereocenters. The van der Waals surface area contributed by atoms with Crippen molar-refractivity contribution in [3.8, 4) is 0 Å². The van der Waals surface area contributed by atoms with Gasteiger partial charge in [0.15, 0.2) is 0 Å². The molecule has 2 aliphatic rings. The lowest BCUT2D eigenvalue weighted by atomic mass is 9.78. The number of hydrogen-bond acceptors (Lipinski definition) is 2. The van der Waals surface area contributed by atoms with E-state index in [1.54, 1.807) is 5.56 Å². The summed E-state index contributed by atoms with van der Waals surface area (Å²) >= 11 is 0. The van der Waals surface area contributed by atoms with Crippen molar-refractivity contribution in [1.82, 2.24) is 5.32 Å². The zero-order valence-electron chi connectivity index (χ0n) is 9.87. The smallest absolute Gasteiger partial charge is 0.0378 e. The van der Waals surface area contributed by atoms with Crippen molar-refractivity contribution >= 4 is 5.69 Å². The first-order valence-electron chi connectivity index (χ1n) is 6.42. The molecule has 2 nitrogen and oxygen atoms in total. The number of benzene rings is 1. The highest BCUT2D eigenvalue weighted by atomic mass is 15.0. The molecule has 2 heterocycles. The fraction of sp³-hybridized carbons (Fsp3) is 0.571. The molecule has 2 unspecified atom stereocenters. The molecule has 0 radical (unpaired) electrons. The van der Waals surface area contributed by atoms with Crippen molar-refractivity contribution in [2.45, 2.75) is 31.7 Å². The van der Waals surface area contributed by atoms with Gasteiger partial charge in [-0.1, -0.05) is 18.2 Å². The maximum Gasteiger partial charge on any atom is 0.0378 e. The van der Waals surface area contributed by atoms with Crippen LogP contribution in [0, 0.1) is 5.92 Å². The molecule has 0 spiro atoms. The summed E-state index contributed by atoms with van der Waals surface area (Å²) in [5, 5.41) is 7.08. The fourth-order valence-corrected chi connectivity index (χ4v) is 3.39. The Labute approximate surface area is 97.4 Å². The van der Waals surface area contributed by atoms with E-state index in [9.17, 15) is 0 Å². The van der Waals surface area contributed by atoms with Crippen LogP contribution in [-0.4, -0.2) is 19.1 Å². The number of fused-ring (bicyclic) bond motifs is 1. The molecule has 1 aromatic carbocycles. The first-order valence-corrected chi connectivity index (χ1v) is 6.42. The maximum atomic E-state index is 3.62. The molecule has 2 aliphatic heterocycles. The zero-order valence-corrected chi connectivity index (χ0v) is 9.87. The molecular formula is C14H20N2. The van der Waals surface area contributed by atoms with E-state index in [1.165, 1.54) is 31.6 Å². The van der Waals surface area contributed by atoms with Gasteiger partial charge >= 0.3 is 0 Å². The number of para-hydroxylation sites is 1. The highest BCUT2D eigenvalue weighted by Crippen LogP contribution is 2.43. The van der Waals surface area contributed by atoms with Gasteiger partial charge in [-0.05, 0) is 50.4 Å². The molecule has 2 heteroatoms. The van der Waals surface area contributed by atoms with Gasteiger partial charge in [0.25, 0.3) is 0 Å². The van der Waals surface area contributed by atoms with Gasteiger partial charge in [0.2, 0.25) is 0 Å². The molecule has 16 heavy (non-hydrogen) atoms. The number of anilines is 1. The first kappa shape index (κ1) is 10.2. The van der Waals surface area contributed by atoms with Gasteiger partial charge < -0.3 is 10.6 Å². The lowest BCUT2D eigenvalue weighted by Gasteiger charge is -2.30. The van der Waals surface area contributed by atoms with Crippen LogP contribution >= 0.6 is 0 Å². The Morgan fingerprint density at radius 1 is 1.12 bits per heavy atom. The van der Waals surface area contributed by atoms with Crippen LogP contribution in [0.5, 0.6) is 0 Å². The van der Waals surface area contributed by atoms with E-state index in [2.05, 4.69) is 41.8 Å². The van der Waals surface area contributed by atoms with Crippen molar-refractivity contribution in [1.29, 1.82) is 0 Å². The lowest BCUT2D eigenvalue weighted by Crippen LogP contribution is -2.33. The SMILES string of the molecule is CC1Nc2ccccc2C1C1CCNCC1. The number of rotatable bonds is 1. The summed E-state index contributed by atoms with van der Waals surface area (Å²) in [6.45, 7) is 4.71. The average Bonchev–Trinajstić information content (AvgIpc) is 2.66. The van der Waals surface area contributed by atoms with Crippen LogP contribution in [0.15, 0.2) is 24.3 Å². The largest absolute Gasteiger partial charge is 0.382 e. The van der Waals surface area contributed by atoms with Gasteiger partial charge in [0.05, 0.1) is 0 Å². The second-order valence-electron chi connectivity index (χ2n) is 5.13. The van der Waals surface area contributed by atoms with Gasteiger partial charge in [-0.25, -0.2) is 0 Å². The number of piperidine rings is 1. The number of nitrogens with one attached hydrogen (secondary N) is 2. The van der Waals surface area contributed by atoms with E-state index in [0.29, 0.717) is 6.04 Å². The summed E-state index contributed by atoms with van der Waals surface area (Å²) in [5.74, 6) is 1.57. The highest BCUT2D eigenvalue weighted by molar-refractivity contribution is 5.59. The molecule has 3 rings (SSSR count). The van der Waals surface area contributed by atoms with Crippen LogP contribution in [0.2, 0.25) is 0 Å². The molecular weight excluding hydrogens is 196 g/mol. The highest BCUT2D eigenvalue weighted by Gasteiger charge is 2.35. The van der Waals surface area contributed by atoms with Crippen LogP contribution in [0.1, 0.15) is 31.2 Å². The third-order valence-corrected chi connectivity index (χ3v) is 4.13. The van der Waals surface area contributed by atoms with Crippen LogP contribution in [-0.2, 0) is 0 Å². The molecule has 0 saturated carbocycles.